The second-order valence-electron chi connectivity index (χ2n) is 5.04. The number of nitrogens with two attached hydrogens (primary N) is 1. The zero-order valence-electron chi connectivity index (χ0n) is 10.1. The molecule has 0 saturated heterocycles. The minimum atomic E-state index is 0.0192. The Balaban J connectivity index is 2.73. The fraction of sp³-hybridized carbons (Fsp3) is 0.667. The van der Waals surface area contributed by atoms with Gasteiger partial charge in [-0.05, 0) is 18.4 Å². The number of hydrogen-bond donors (Lipinski definition) is 1. The van der Waals surface area contributed by atoms with E-state index in [2.05, 4.69) is 37.7 Å². The normalized spacial score (nSPS) is 13.9. The fourth-order valence-electron chi connectivity index (χ4n) is 1.29. The molecular formula is C12H21N3. The SMILES string of the molecule is CCC(N)Cc1cnc(C(C)(C)C)nc1. The van der Waals surface area contributed by atoms with Gasteiger partial charge in [-0.2, -0.15) is 0 Å². The molecule has 3 nitrogen and oxygen atoms in total. The van der Waals surface area contributed by atoms with Crippen LogP contribution < -0.4 is 5.73 Å². The van der Waals surface area contributed by atoms with Crippen LogP contribution in [0.1, 0.15) is 45.5 Å². The van der Waals surface area contributed by atoms with Crippen LogP contribution in [0, 0.1) is 0 Å². The standard InChI is InChI=1S/C12H21N3/c1-5-10(13)6-9-7-14-11(15-8-9)12(2,3)4/h7-8,10H,5-6,13H2,1-4H3. The van der Waals surface area contributed by atoms with E-state index in [1.165, 1.54) is 0 Å². The zero-order chi connectivity index (χ0) is 11.5. The van der Waals surface area contributed by atoms with Crippen molar-refractivity contribution in [2.45, 2.75) is 52.0 Å². The first-order valence-electron chi connectivity index (χ1n) is 5.50. The minimum absolute atomic E-state index is 0.0192. The van der Waals surface area contributed by atoms with Crippen LogP contribution in [-0.2, 0) is 11.8 Å². The first-order chi connectivity index (χ1) is 6.93. The van der Waals surface area contributed by atoms with Gasteiger partial charge >= 0.3 is 0 Å². The molecule has 3 heteroatoms. The van der Waals surface area contributed by atoms with Gasteiger partial charge in [-0.15, -0.1) is 0 Å². The number of aromatic nitrogens is 2. The molecule has 0 fully saturated rings. The summed E-state index contributed by atoms with van der Waals surface area (Å²) in [5, 5.41) is 0. The predicted molar refractivity (Wildman–Crippen MR) is 62.7 cm³/mol. The summed E-state index contributed by atoms with van der Waals surface area (Å²) < 4.78 is 0. The highest BCUT2D eigenvalue weighted by atomic mass is 14.9. The molecule has 0 saturated carbocycles. The van der Waals surface area contributed by atoms with E-state index in [4.69, 9.17) is 5.73 Å². The van der Waals surface area contributed by atoms with Crippen molar-refractivity contribution in [3.8, 4) is 0 Å². The summed E-state index contributed by atoms with van der Waals surface area (Å²) >= 11 is 0. The highest BCUT2D eigenvalue weighted by Gasteiger charge is 2.16. The molecule has 0 radical (unpaired) electrons. The van der Waals surface area contributed by atoms with E-state index >= 15 is 0 Å². The summed E-state index contributed by atoms with van der Waals surface area (Å²) in [5.41, 5.74) is 7.02. The molecule has 84 valence electrons. The van der Waals surface area contributed by atoms with Crippen molar-refractivity contribution in [1.29, 1.82) is 0 Å². The number of nitrogens with zero attached hydrogens (tertiary/aromatic N) is 2. The van der Waals surface area contributed by atoms with Gasteiger partial charge in [0.2, 0.25) is 0 Å². The van der Waals surface area contributed by atoms with Crippen molar-refractivity contribution in [3.05, 3.63) is 23.8 Å². The van der Waals surface area contributed by atoms with E-state index < -0.39 is 0 Å². The van der Waals surface area contributed by atoms with E-state index in [1.54, 1.807) is 0 Å². The molecule has 0 spiro atoms. The molecule has 2 N–H and O–H groups in total. The Morgan fingerprint density at radius 2 is 1.80 bits per heavy atom. The lowest BCUT2D eigenvalue weighted by atomic mass is 9.95. The van der Waals surface area contributed by atoms with Gasteiger partial charge in [-0.3, -0.25) is 0 Å². The van der Waals surface area contributed by atoms with Gasteiger partial charge in [-0.25, -0.2) is 9.97 Å². The molecule has 0 aliphatic heterocycles. The van der Waals surface area contributed by atoms with Crippen LogP contribution in [0.15, 0.2) is 12.4 Å². The van der Waals surface area contributed by atoms with Crippen LogP contribution >= 0.6 is 0 Å². The van der Waals surface area contributed by atoms with Crippen molar-refractivity contribution in [2.75, 3.05) is 0 Å². The molecule has 1 atom stereocenters. The third kappa shape index (κ3) is 3.59. The molecule has 0 aliphatic carbocycles. The van der Waals surface area contributed by atoms with Crippen LogP contribution in [0.25, 0.3) is 0 Å². The molecule has 1 unspecified atom stereocenters. The molecule has 0 bridgehead atoms. The van der Waals surface area contributed by atoms with Crippen LogP contribution in [0.4, 0.5) is 0 Å². The molecule has 1 aromatic rings. The van der Waals surface area contributed by atoms with Crippen LogP contribution in [0.2, 0.25) is 0 Å². The second kappa shape index (κ2) is 4.71. The molecule has 1 rings (SSSR count). The van der Waals surface area contributed by atoms with Crippen molar-refractivity contribution >= 4 is 0 Å². The van der Waals surface area contributed by atoms with Gasteiger partial charge in [0.25, 0.3) is 0 Å². The predicted octanol–water partition coefficient (Wildman–Crippen LogP) is 2.05. The third-order valence-corrected chi connectivity index (χ3v) is 2.40. The first-order valence-corrected chi connectivity index (χ1v) is 5.50. The Morgan fingerprint density at radius 3 is 2.20 bits per heavy atom. The lowest BCUT2D eigenvalue weighted by molar-refractivity contribution is 0.542. The Hall–Kier alpha value is -0.960. The molecule has 0 amide bonds. The maximum absolute atomic E-state index is 5.87. The molecular weight excluding hydrogens is 186 g/mol. The molecule has 0 aliphatic rings. The van der Waals surface area contributed by atoms with Gasteiger partial charge in [0.1, 0.15) is 5.82 Å². The van der Waals surface area contributed by atoms with Crippen molar-refractivity contribution in [1.82, 2.24) is 9.97 Å². The quantitative estimate of drug-likeness (QED) is 0.825. The van der Waals surface area contributed by atoms with Crippen LogP contribution in [0.3, 0.4) is 0 Å². The van der Waals surface area contributed by atoms with E-state index in [0.717, 1.165) is 24.2 Å². The summed E-state index contributed by atoms with van der Waals surface area (Å²) in [7, 11) is 0. The Morgan fingerprint density at radius 1 is 1.27 bits per heavy atom. The average Bonchev–Trinajstić information content (AvgIpc) is 2.17. The highest BCUT2D eigenvalue weighted by Crippen LogP contribution is 2.17. The maximum atomic E-state index is 5.87. The number of hydrogen-bond acceptors (Lipinski definition) is 3. The topological polar surface area (TPSA) is 51.8 Å². The average molecular weight is 207 g/mol. The monoisotopic (exact) mass is 207 g/mol. The van der Waals surface area contributed by atoms with E-state index in [9.17, 15) is 0 Å². The first kappa shape index (κ1) is 12.1. The van der Waals surface area contributed by atoms with Gasteiger partial charge in [0.15, 0.2) is 0 Å². The lowest BCUT2D eigenvalue weighted by Gasteiger charge is -2.16. The second-order valence-corrected chi connectivity index (χ2v) is 5.04. The lowest BCUT2D eigenvalue weighted by Crippen LogP contribution is -2.22. The molecule has 1 aromatic heterocycles. The summed E-state index contributed by atoms with van der Waals surface area (Å²) in [4.78, 5) is 8.74. The summed E-state index contributed by atoms with van der Waals surface area (Å²) in [6.45, 7) is 8.43. The van der Waals surface area contributed by atoms with Crippen LogP contribution in [-0.4, -0.2) is 16.0 Å². The highest BCUT2D eigenvalue weighted by molar-refractivity contribution is 5.10. The molecule has 0 aromatic carbocycles. The summed E-state index contributed by atoms with van der Waals surface area (Å²) in [5.74, 6) is 0.885. The van der Waals surface area contributed by atoms with Crippen LogP contribution in [0.5, 0.6) is 0 Å². The van der Waals surface area contributed by atoms with Crippen molar-refractivity contribution < 1.29 is 0 Å². The zero-order valence-corrected chi connectivity index (χ0v) is 10.1. The van der Waals surface area contributed by atoms with Gasteiger partial charge in [0.05, 0.1) is 0 Å². The van der Waals surface area contributed by atoms with Crippen molar-refractivity contribution in [2.24, 2.45) is 5.73 Å². The smallest absolute Gasteiger partial charge is 0.133 e. The summed E-state index contributed by atoms with van der Waals surface area (Å²) in [6.07, 6.45) is 5.63. The minimum Gasteiger partial charge on any atom is -0.327 e. The van der Waals surface area contributed by atoms with Gasteiger partial charge in [0, 0.05) is 23.9 Å². The third-order valence-electron chi connectivity index (χ3n) is 2.40. The van der Waals surface area contributed by atoms with E-state index in [1.807, 2.05) is 12.4 Å². The molecule has 15 heavy (non-hydrogen) atoms. The number of rotatable bonds is 3. The fourth-order valence-corrected chi connectivity index (χ4v) is 1.29. The van der Waals surface area contributed by atoms with Crippen molar-refractivity contribution in [3.63, 3.8) is 0 Å². The van der Waals surface area contributed by atoms with E-state index in [-0.39, 0.29) is 11.5 Å². The Kier molecular flexibility index (Phi) is 3.80. The Labute approximate surface area is 92.1 Å². The Bertz CT molecular complexity index is 298. The van der Waals surface area contributed by atoms with Gasteiger partial charge in [-0.1, -0.05) is 27.7 Å². The maximum Gasteiger partial charge on any atom is 0.133 e. The summed E-state index contributed by atoms with van der Waals surface area (Å²) in [6, 6.07) is 0.217. The largest absolute Gasteiger partial charge is 0.327 e. The van der Waals surface area contributed by atoms with Gasteiger partial charge < -0.3 is 5.73 Å². The molecule has 1 heterocycles. The van der Waals surface area contributed by atoms with E-state index in [0.29, 0.717) is 0 Å².